The zero-order valence-electron chi connectivity index (χ0n) is 10.6. The van der Waals surface area contributed by atoms with Crippen LogP contribution >= 0.6 is 11.8 Å². The van der Waals surface area contributed by atoms with Gasteiger partial charge in [-0.1, -0.05) is 42.1 Å². The molecule has 0 spiro atoms. The number of nitrogens with zero attached hydrogens (tertiary/aromatic N) is 2. The number of aliphatic carboxylic acids is 1. The summed E-state index contributed by atoms with van der Waals surface area (Å²) in [5.74, 6) is -0.673. The monoisotopic (exact) mass is 290 g/mol. The minimum Gasteiger partial charge on any atom is -0.481 e. The van der Waals surface area contributed by atoms with Gasteiger partial charge in [0.2, 0.25) is 0 Å². The quantitative estimate of drug-likeness (QED) is 0.566. The van der Waals surface area contributed by atoms with E-state index in [1.165, 1.54) is 17.8 Å². The Kier molecular flexibility index (Phi) is 4.41. The molecule has 6 nitrogen and oxygen atoms in total. The first-order valence-electron chi connectivity index (χ1n) is 5.87. The Bertz CT molecular complexity index is 586. The number of thioether (sulfide) groups is 1. The molecule has 1 heterocycles. The number of benzene rings is 1. The third-order valence-electron chi connectivity index (χ3n) is 2.62. The Morgan fingerprint density at radius 3 is 2.35 bits per heavy atom. The van der Waals surface area contributed by atoms with Crippen LogP contribution in [0.15, 0.2) is 41.6 Å². The van der Waals surface area contributed by atoms with Crippen LogP contribution in [0.4, 0.5) is 11.6 Å². The second-order valence-corrected chi connectivity index (χ2v) is 5.10. The minimum absolute atomic E-state index is 0.270. The van der Waals surface area contributed by atoms with Crippen molar-refractivity contribution in [3.63, 3.8) is 0 Å². The lowest BCUT2D eigenvalue weighted by atomic mass is 10.0. The highest BCUT2D eigenvalue weighted by molar-refractivity contribution is 7.99. The number of carboxylic acids is 1. The first kappa shape index (κ1) is 14.1. The van der Waals surface area contributed by atoms with Crippen molar-refractivity contribution in [2.75, 3.05) is 17.2 Å². The van der Waals surface area contributed by atoms with Crippen molar-refractivity contribution in [1.82, 2.24) is 9.97 Å². The van der Waals surface area contributed by atoms with Crippen LogP contribution in [-0.2, 0) is 4.79 Å². The summed E-state index contributed by atoms with van der Waals surface area (Å²) in [6.07, 6.45) is 0. The number of hydrogen-bond donors (Lipinski definition) is 3. The van der Waals surface area contributed by atoms with Crippen molar-refractivity contribution in [3.05, 3.63) is 42.0 Å². The van der Waals surface area contributed by atoms with Crippen molar-refractivity contribution >= 4 is 29.4 Å². The zero-order chi connectivity index (χ0) is 14.5. The van der Waals surface area contributed by atoms with Crippen LogP contribution in [0.25, 0.3) is 0 Å². The highest BCUT2D eigenvalue weighted by Crippen LogP contribution is 2.25. The predicted molar refractivity (Wildman–Crippen MR) is 78.4 cm³/mol. The topological polar surface area (TPSA) is 115 Å². The molecule has 0 saturated carbocycles. The van der Waals surface area contributed by atoms with Gasteiger partial charge in [0.1, 0.15) is 11.6 Å². The lowest BCUT2D eigenvalue weighted by Crippen LogP contribution is -2.14. The second-order valence-electron chi connectivity index (χ2n) is 4.11. The molecule has 0 radical (unpaired) electrons. The molecular weight excluding hydrogens is 276 g/mol. The van der Waals surface area contributed by atoms with Gasteiger partial charge in [-0.05, 0) is 5.56 Å². The van der Waals surface area contributed by atoms with Gasteiger partial charge in [-0.25, -0.2) is 9.97 Å². The van der Waals surface area contributed by atoms with Crippen molar-refractivity contribution in [2.45, 2.75) is 11.1 Å². The number of rotatable bonds is 5. The summed E-state index contributed by atoms with van der Waals surface area (Å²) >= 11 is 1.22. The first-order valence-corrected chi connectivity index (χ1v) is 6.85. The third kappa shape index (κ3) is 3.61. The van der Waals surface area contributed by atoms with E-state index < -0.39 is 11.9 Å². The van der Waals surface area contributed by atoms with Gasteiger partial charge in [0.05, 0.1) is 5.92 Å². The summed E-state index contributed by atoms with van der Waals surface area (Å²) in [7, 11) is 0. The molecule has 0 aliphatic rings. The smallest absolute Gasteiger partial charge is 0.311 e. The zero-order valence-corrected chi connectivity index (χ0v) is 11.4. The molecule has 20 heavy (non-hydrogen) atoms. The van der Waals surface area contributed by atoms with Gasteiger partial charge < -0.3 is 16.6 Å². The van der Waals surface area contributed by atoms with Gasteiger partial charge in [-0.15, -0.1) is 0 Å². The molecule has 0 aliphatic heterocycles. The van der Waals surface area contributed by atoms with Gasteiger partial charge in [0, 0.05) is 11.8 Å². The standard InChI is InChI=1S/C13H14N4O2S/c14-10-6-11(15)17-13(16-10)20-7-9(12(18)19)8-4-2-1-3-5-8/h1-6,9H,7H2,(H,18,19)(H4,14,15,16,17). The molecule has 0 fully saturated rings. The van der Waals surface area contributed by atoms with Crippen LogP contribution in [-0.4, -0.2) is 26.8 Å². The second kappa shape index (κ2) is 6.25. The lowest BCUT2D eigenvalue weighted by molar-refractivity contribution is -0.138. The number of hydrogen-bond acceptors (Lipinski definition) is 6. The van der Waals surface area contributed by atoms with Crippen LogP contribution in [0.1, 0.15) is 11.5 Å². The SMILES string of the molecule is Nc1cc(N)nc(SCC(C(=O)O)c2ccccc2)n1. The normalized spacial score (nSPS) is 12.0. The molecule has 0 bridgehead atoms. The average Bonchev–Trinajstić information content (AvgIpc) is 2.38. The fourth-order valence-corrected chi connectivity index (χ4v) is 2.67. The number of carbonyl (C=O) groups is 1. The third-order valence-corrected chi connectivity index (χ3v) is 3.57. The maximum atomic E-state index is 11.4. The summed E-state index contributed by atoms with van der Waals surface area (Å²) in [6, 6.07) is 10.5. The summed E-state index contributed by atoms with van der Waals surface area (Å²) in [5.41, 5.74) is 11.9. The lowest BCUT2D eigenvalue weighted by Gasteiger charge is -2.11. The molecular formula is C13H14N4O2S. The van der Waals surface area contributed by atoms with E-state index in [2.05, 4.69) is 9.97 Å². The molecule has 1 unspecified atom stereocenters. The van der Waals surface area contributed by atoms with Crippen molar-refractivity contribution in [3.8, 4) is 0 Å². The van der Waals surface area contributed by atoms with E-state index in [1.807, 2.05) is 18.2 Å². The van der Waals surface area contributed by atoms with Crippen LogP contribution < -0.4 is 11.5 Å². The fraction of sp³-hybridized carbons (Fsp3) is 0.154. The summed E-state index contributed by atoms with van der Waals surface area (Å²) < 4.78 is 0. The number of carboxylic acid groups (broad SMARTS) is 1. The molecule has 2 rings (SSSR count). The molecule has 2 aromatic rings. The van der Waals surface area contributed by atoms with Gasteiger partial charge in [-0.3, -0.25) is 4.79 Å². The molecule has 0 aliphatic carbocycles. The van der Waals surface area contributed by atoms with Crippen LogP contribution in [0, 0.1) is 0 Å². The Balaban J connectivity index is 2.12. The Hall–Kier alpha value is -2.28. The van der Waals surface area contributed by atoms with Crippen molar-refractivity contribution in [2.24, 2.45) is 0 Å². The molecule has 1 atom stereocenters. The average molecular weight is 290 g/mol. The van der Waals surface area contributed by atoms with E-state index >= 15 is 0 Å². The maximum absolute atomic E-state index is 11.4. The number of nitrogens with two attached hydrogens (primary N) is 2. The van der Waals surface area contributed by atoms with Crippen LogP contribution in [0.3, 0.4) is 0 Å². The molecule has 5 N–H and O–H groups in total. The summed E-state index contributed by atoms with van der Waals surface area (Å²) in [6.45, 7) is 0. The first-order chi connectivity index (χ1) is 9.56. The van der Waals surface area contributed by atoms with Gasteiger partial charge in [-0.2, -0.15) is 0 Å². The number of nitrogen functional groups attached to an aromatic ring is 2. The Morgan fingerprint density at radius 1 is 1.20 bits per heavy atom. The van der Waals surface area contributed by atoms with E-state index in [1.54, 1.807) is 12.1 Å². The van der Waals surface area contributed by atoms with Gasteiger partial charge in [0.15, 0.2) is 5.16 Å². The van der Waals surface area contributed by atoms with E-state index in [9.17, 15) is 9.90 Å². The molecule has 0 amide bonds. The molecule has 104 valence electrons. The highest BCUT2D eigenvalue weighted by atomic mass is 32.2. The van der Waals surface area contributed by atoms with Gasteiger partial charge in [0.25, 0.3) is 0 Å². The van der Waals surface area contributed by atoms with Crippen LogP contribution in [0.5, 0.6) is 0 Å². The highest BCUT2D eigenvalue weighted by Gasteiger charge is 2.20. The Morgan fingerprint density at radius 2 is 1.80 bits per heavy atom. The van der Waals surface area contributed by atoms with Crippen LogP contribution in [0.2, 0.25) is 0 Å². The van der Waals surface area contributed by atoms with E-state index in [0.29, 0.717) is 10.9 Å². The number of anilines is 2. The predicted octanol–water partition coefficient (Wildman–Crippen LogP) is 1.60. The molecule has 7 heteroatoms. The number of aromatic nitrogens is 2. The van der Waals surface area contributed by atoms with Crippen molar-refractivity contribution in [1.29, 1.82) is 0 Å². The largest absolute Gasteiger partial charge is 0.481 e. The molecule has 0 saturated heterocycles. The van der Waals surface area contributed by atoms with E-state index in [4.69, 9.17) is 11.5 Å². The molecule has 1 aromatic heterocycles. The maximum Gasteiger partial charge on any atom is 0.311 e. The fourth-order valence-electron chi connectivity index (χ4n) is 1.68. The Labute approximate surface area is 120 Å². The minimum atomic E-state index is -0.888. The summed E-state index contributed by atoms with van der Waals surface area (Å²) in [5, 5.41) is 9.69. The van der Waals surface area contributed by atoms with Crippen molar-refractivity contribution < 1.29 is 9.90 Å². The summed E-state index contributed by atoms with van der Waals surface area (Å²) in [4.78, 5) is 19.4. The van der Waals surface area contributed by atoms with Gasteiger partial charge >= 0.3 is 5.97 Å². The molecule has 1 aromatic carbocycles. The van der Waals surface area contributed by atoms with E-state index in [0.717, 1.165) is 5.56 Å². The van der Waals surface area contributed by atoms with E-state index in [-0.39, 0.29) is 11.6 Å².